The fraction of sp³-hybridized carbons (Fsp3) is 0.0606. The maximum Gasteiger partial charge on any atom is 0.336 e. The standard InChI is InChI=1S/C33H24Br2N4O9/c1-19(40)47-28-12-9-22(16-29(28)46-2)32(42)37-25-5-3-4-21(15-25)33(43)38-36-18-23-14-24(34)17-27(35)31(23)48-30(41)13-8-20-6-10-26(11-7-20)39(44)45/h3-18H,1-2H3,(H,37,42)(H,38,43)/b13-8+,36-18?. The molecular weight excluding hydrogens is 756 g/mol. The van der Waals surface area contributed by atoms with Crippen molar-refractivity contribution in [3.8, 4) is 17.2 Å². The zero-order valence-corrected chi connectivity index (χ0v) is 28.2. The highest BCUT2D eigenvalue weighted by molar-refractivity contribution is 9.11. The van der Waals surface area contributed by atoms with Crippen LogP contribution in [-0.4, -0.2) is 42.0 Å². The minimum Gasteiger partial charge on any atom is -0.493 e. The molecule has 0 bridgehead atoms. The van der Waals surface area contributed by atoms with Crippen LogP contribution in [0.3, 0.4) is 0 Å². The lowest BCUT2D eigenvalue weighted by Gasteiger charge is -2.11. The summed E-state index contributed by atoms with van der Waals surface area (Å²) in [6.07, 6.45) is 3.90. The number of methoxy groups -OCH3 is 1. The second kappa shape index (κ2) is 16.2. The second-order valence-electron chi connectivity index (χ2n) is 9.60. The van der Waals surface area contributed by atoms with Gasteiger partial charge in [0.05, 0.1) is 22.7 Å². The van der Waals surface area contributed by atoms with Crippen LogP contribution in [0.1, 0.15) is 38.8 Å². The Morgan fingerprint density at radius 2 is 1.60 bits per heavy atom. The van der Waals surface area contributed by atoms with Crippen LogP contribution in [-0.2, 0) is 9.59 Å². The molecule has 0 saturated carbocycles. The molecule has 0 radical (unpaired) electrons. The molecule has 0 aromatic heterocycles. The number of ether oxygens (including phenoxy) is 3. The molecule has 4 aromatic carbocycles. The monoisotopic (exact) mass is 778 g/mol. The zero-order valence-electron chi connectivity index (χ0n) is 25.1. The molecule has 244 valence electrons. The average Bonchev–Trinajstić information content (AvgIpc) is 3.05. The summed E-state index contributed by atoms with van der Waals surface area (Å²) in [5.74, 6) is -1.87. The smallest absolute Gasteiger partial charge is 0.336 e. The van der Waals surface area contributed by atoms with Gasteiger partial charge in [0.1, 0.15) is 0 Å². The molecule has 0 atom stereocenters. The van der Waals surface area contributed by atoms with E-state index in [1.165, 1.54) is 87.0 Å². The third-order valence-corrected chi connectivity index (χ3v) is 7.23. The number of hydrogen-bond donors (Lipinski definition) is 2. The molecule has 0 saturated heterocycles. The number of nitrogens with zero attached hydrogens (tertiary/aromatic N) is 2. The highest BCUT2D eigenvalue weighted by Gasteiger charge is 2.15. The molecule has 0 aliphatic rings. The lowest BCUT2D eigenvalue weighted by molar-refractivity contribution is -0.384. The summed E-state index contributed by atoms with van der Waals surface area (Å²) in [6, 6.07) is 19.4. The summed E-state index contributed by atoms with van der Waals surface area (Å²) in [6.45, 7) is 1.25. The van der Waals surface area contributed by atoms with Crippen molar-refractivity contribution in [3.05, 3.63) is 126 Å². The van der Waals surface area contributed by atoms with Gasteiger partial charge in [0.25, 0.3) is 17.5 Å². The molecule has 4 rings (SSSR count). The molecule has 2 N–H and O–H groups in total. The largest absolute Gasteiger partial charge is 0.493 e. The van der Waals surface area contributed by atoms with Crippen LogP contribution in [0.15, 0.2) is 99.0 Å². The number of esters is 2. The van der Waals surface area contributed by atoms with Gasteiger partial charge in [0.2, 0.25) is 0 Å². The Morgan fingerprint density at radius 1 is 0.875 bits per heavy atom. The number of benzene rings is 4. The number of anilines is 1. The minimum absolute atomic E-state index is 0.0772. The van der Waals surface area contributed by atoms with Crippen LogP contribution >= 0.6 is 31.9 Å². The average molecular weight is 780 g/mol. The van der Waals surface area contributed by atoms with Crippen molar-refractivity contribution in [1.82, 2.24) is 5.43 Å². The lowest BCUT2D eigenvalue weighted by atomic mass is 10.1. The summed E-state index contributed by atoms with van der Waals surface area (Å²) in [5, 5.41) is 17.5. The van der Waals surface area contributed by atoms with Crippen molar-refractivity contribution in [2.45, 2.75) is 6.92 Å². The van der Waals surface area contributed by atoms with Gasteiger partial charge in [-0.1, -0.05) is 22.0 Å². The van der Waals surface area contributed by atoms with Gasteiger partial charge in [-0.25, -0.2) is 10.2 Å². The third kappa shape index (κ3) is 9.67. The van der Waals surface area contributed by atoms with Crippen molar-refractivity contribution >= 4 is 79.3 Å². The molecule has 0 aliphatic heterocycles. The van der Waals surface area contributed by atoms with Crippen LogP contribution in [0.25, 0.3) is 6.08 Å². The van der Waals surface area contributed by atoms with Crippen molar-refractivity contribution in [2.24, 2.45) is 5.10 Å². The SMILES string of the molecule is COc1cc(C(=O)Nc2cccc(C(=O)NN=Cc3cc(Br)cc(Br)c3OC(=O)/C=C/c3ccc([N+](=O)[O-])cc3)c2)ccc1OC(C)=O. The summed E-state index contributed by atoms with van der Waals surface area (Å²) in [5.41, 5.74) is 3.95. The zero-order chi connectivity index (χ0) is 34.8. The number of nitrogens with one attached hydrogen (secondary N) is 2. The number of hydrazone groups is 1. The predicted molar refractivity (Wildman–Crippen MR) is 183 cm³/mol. The summed E-state index contributed by atoms with van der Waals surface area (Å²) < 4.78 is 16.8. The first-order chi connectivity index (χ1) is 22.9. The van der Waals surface area contributed by atoms with Crippen molar-refractivity contribution < 1.29 is 38.3 Å². The molecule has 13 nitrogen and oxygen atoms in total. The second-order valence-corrected chi connectivity index (χ2v) is 11.4. The summed E-state index contributed by atoms with van der Waals surface area (Å²) in [7, 11) is 1.38. The van der Waals surface area contributed by atoms with Gasteiger partial charge >= 0.3 is 11.9 Å². The van der Waals surface area contributed by atoms with E-state index in [1.54, 1.807) is 24.3 Å². The lowest BCUT2D eigenvalue weighted by Crippen LogP contribution is -2.18. The Morgan fingerprint density at radius 3 is 2.29 bits per heavy atom. The molecule has 4 aromatic rings. The first kappa shape index (κ1) is 35.2. The molecule has 15 heteroatoms. The normalized spacial score (nSPS) is 10.8. The number of rotatable bonds is 11. The van der Waals surface area contributed by atoms with Gasteiger partial charge in [0.15, 0.2) is 17.2 Å². The highest BCUT2D eigenvalue weighted by Crippen LogP contribution is 2.32. The molecule has 0 aliphatic carbocycles. The van der Waals surface area contributed by atoms with Crippen LogP contribution in [0.2, 0.25) is 0 Å². The van der Waals surface area contributed by atoms with Crippen LogP contribution in [0.4, 0.5) is 11.4 Å². The molecule has 48 heavy (non-hydrogen) atoms. The van der Waals surface area contributed by atoms with Crippen molar-refractivity contribution in [3.63, 3.8) is 0 Å². The molecule has 0 spiro atoms. The number of non-ortho nitro benzene ring substituents is 1. The number of nitro groups is 1. The van der Waals surface area contributed by atoms with E-state index in [9.17, 15) is 29.3 Å². The first-order valence-electron chi connectivity index (χ1n) is 13.7. The third-order valence-electron chi connectivity index (χ3n) is 6.19. The van der Waals surface area contributed by atoms with E-state index in [0.717, 1.165) is 0 Å². The topological polar surface area (TPSA) is 176 Å². The predicted octanol–water partition coefficient (Wildman–Crippen LogP) is 6.69. The van der Waals surface area contributed by atoms with E-state index in [1.807, 2.05) is 0 Å². The van der Waals surface area contributed by atoms with E-state index >= 15 is 0 Å². The highest BCUT2D eigenvalue weighted by atomic mass is 79.9. The number of amides is 2. The van der Waals surface area contributed by atoms with Gasteiger partial charge in [-0.3, -0.25) is 24.5 Å². The van der Waals surface area contributed by atoms with Crippen LogP contribution in [0.5, 0.6) is 17.2 Å². The minimum atomic E-state index is -0.729. The van der Waals surface area contributed by atoms with Gasteiger partial charge < -0.3 is 19.5 Å². The molecule has 2 amide bonds. The van der Waals surface area contributed by atoms with Crippen molar-refractivity contribution in [1.29, 1.82) is 0 Å². The number of carbonyl (C=O) groups excluding carboxylic acids is 4. The Balaban J connectivity index is 1.42. The van der Waals surface area contributed by atoms with E-state index in [4.69, 9.17) is 14.2 Å². The first-order valence-corrected chi connectivity index (χ1v) is 15.3. The maximum atomic E-state index is 12.9. The van der Waals surface area contributed by atoms with Crippen LogP contribution in [0, 0.1) is 10.1 Å². The maximum absolute atomic E-state index is 12.9. The number of nitro benzene ring substituents is 1. The fourth-order valence-corrected chi connectivity index (χ4v) is 5.34. The number of halogens is 2. The molecule has 0 unspecified atom stereocenters. The quantitative estimate of drug-likeness (QED) is 0.0420. The summed E-state index contributed by atoms with van der Waals surface area (Å²) >= 11 is 6.73. The number of carbonyl (C=O) groups is 4. The van der Waals surface area contributed by atoms with Crippen LogP contribution < -0.4 is 25.0 Å². The van der Waals surface area contributed by atoms with Gasteiger partial charge in [-0.05, 0) is 88.2 Å². The van der Waals surface area contributed by atoms with Gasteiger partial charge in [-0.15, -0.1) is 0 Å². The van der Waals surface area contributed by atoms with E-state index in [0.29, 0.717) is 25.8 Å². The summed E-state index contributed by atoms with van der Waals surface area (Å²) in [4.78, 5) is 59.9. The van der Waals surface area contributed by atoms with E-state index in [2.05, 4.69) is 47.7 Å². The Bertz CT molecular complexity index is 1960. The Hall–Kier alpha value is -5.67. The molecular formula is C33H24Br2N4O9. The van der Waals surface area contributed by atoms with Gasteiger partial charge in [-0.2, -0.15) is 5.10 Å². The Labute approximate surface area is 290 Å². The molecule has 0 heterocycles. The van der Waals surface area contributed by atoms with E-state index < -0.39 is 28.7 Å². The molecule has 0 fully saturated rings. The van der Waals surface area contributed by atoms with Crippen molar-refractivity contribution in [2.75, 3.05) is 12.4 Å². The van der Waals surface area contributed by atoms with Gasteiger partial charge in [0, 0.05) is 52.0 Å². The number of hydrogen-bond acceptors (Lipinski definition) is 10. The Kier molecular flexibility index (Phi) is 11.9. The fourth-order valence-electron chi connectivity index (χ4n) is 4.00. The van der Waals surface area contributed by atoms with E-state index in [-0.39, 0.29) is 34.1 Å².